The number of hydrogen-bond acceptors (Lipinski definition) is 4. The Labute approximate surface area is 176 Å². The Bertz CT molecular complexity index is 836. The van der Waals surface area contributed by atoms with Gasteiger partial charge in [0.25, 0.3) is 0 Å². The summed E-state index contributed by atoms with van der Waals surface area (Å²) in [6.45, 7) is 2.07. The molecular formula is C19H25IN6O. The first-order valence-electron chi connectivity index (χ1n) is 8.78. The van der Waals surface area contributed by atoms with Crippen LogP contribution in [0.2, 0.25) is 0 Å². The lowest BCUT2D eigenvalue weighted by molar-refractivity contribution is 0.322. The van der Waals surface area contributed by atoms with Crippen LogP contribution in [-0.4, -0.2) is 47.3 Å². The van der Waals surface area contributed by atoms with Gasteiger partial charge in [-0.3, -0.25) is 9.39 Å². The third kappa shape index (κ3) is 6.38. The summed E-state index contributed by atoms with van der Waals surface area (Å²) in [5.41, 5.74) is 0.881. The smallest absolute Gasteiger partial charge is 0.191 e. The minimum absolute atomic E-state index is 0. The second-order valence-electron chi connectivity index (χ2n) is 5.74. The van der Waals surface area contributed by atoms with Crippen molar-refractivity contribution in [2.24, 2.45) is 4.99 Å². The highest BCUT2D eigenvalue weighted by Crippen LogP contribution is 2.07. The van der Waals surface area contributed by atoms with Crippen molar-refractivity contribution < 1.29 is 4.74 Å². The maximum atomic E-state index is 5.65. The summed E-state index contributed by atoms with van der Waals surface area (Å²) in [6, 6.07) is 15.7. The number of pyridine rings is 1. The fourth-order valence-corrected chi connectivity index (χ4v) is 2.59. The first kappa shape index (κ1) is 20.9. The zero-order valence-corrected chi connectivity index (χ0v) is 17.7. The second-order valence-corrected chi connectivity index (χ2v) is 5.74. The molecule has 1 aromatic carbocycles. The van der Waals surface area contributed by atoms with Crippen LogP contribution in [0.5, 0.6) is 5.75 Å². The predicted octanol–water partition coefficient (Wildman–Crippen LogP) is 2.52. The number of aliphatic imine (C=N–C) groups is 1. The average Bonchev–Trinajstić information content (AvgIpc) is 3.11. The number of nitrogens with zero attached hydrogens (tertiary/aromatic N) is 4. The summed E-state index contributed by atoms with van der Waals surface area (Å²) in [6.07, 6.45) is 3.79. The lowest BCUT2D eigenvalue weighted by atomic mass is 10.3. The highest BCUT2D eigenvalue weighted by atomic mass is 127. The maximum Gasteiger partial charge on any atom is 0.191 e. The standard InChI is InChI=1S/C19H24N6O.HI/c1-20-19(22-13-15-26-16-8-3-2-4-9-16)21-12-7-11-18-24-23-17-10-5-6-14-25(17)18;/h2-6,8-10,14H,7,11-13,15H2,1H3,(H2,20,21,22);1H. The number of aryl methyl sites for hydroxylation is 1. The topological polar surface area (TPSA) is 75.8 Å². The number of nitrogens with one attached hydrogen (secondary N) is 2. The molecule has 3 aromatic rings. The quantitative estimate of drug-likeness (QED) is 0.224. The van der Waals surface area contributed by atoms with Crippen LogP contribution < -0.4 is 15.4 Å². The molecule has 0 amide bonds. The Morgan fingerprint density at radius 2 is 1.81 bits per heavy atom. The minimum atomic E-state index is 0. The molecule has 144 valence electrons. The molecule has 0 aliphatic carbocycles. The molecule has 0 aliphatic heterocycles. The van der Waals surface area contributed by atoms with E-state index in [1.54, 1.807) is 7.05 Å². The molecule has 0 saturated carbocycles. The molecule has 0 radical (unpaired) electrons. The maximum absolute atomic E-state index is 5.65. The molecule has 0 saturated heterocycles. The van der Waals surface area contributed by atoms with Crippen LogP contribution in [0, 0.1) is 0 Å². The van der Waals surface area contributed by atoms with Crippen LogP contribution in [0.1, 0.15) is 12.2 Å². The number of ether oxygens (including phenoxy) is 1. The van der Waals surface area contributed by atoms with Gasteiger partial charge in [0.2, 0.25) is 0 Å². The highest BCUT2D eigenvalue weighted by molar-refractivity contribution is 14.0. The van der Waals surface area contributed by atoms with E-state index < -0.39 is 0 Å². The van der Waals surface area contributed by atoms with Gasteiger partial charge >= 0.3 is 0 Å². The van der Waals surface area contributed by atoms with Crippen LogP contribution in [0.4, 0.5) is 0 Å². The van der Waals surface area contributed by atoms with Gasteiger partial charge < -0.3 is 15.4 Å². The number of hydrogen-bond donors (Lipinski definition) is 2. The highest BCUT2D eigenvalue weighted by Gasteiger charge is 2.04. The minimum Gasteiger partial charge on any atom is -0.492 e. The number of para-hydroxylation sites is 1. The lowest BCUT2D eigenvalue weighted by Crippen LogP contribution is -2.39. The van der Waals surface area contributed by atoms with Gasteiger partial charge in [-0.2, -0.15) is 0 Å². The first-order chi connectivity index (χ1) is 12.9. The molecule has 0 bridgehead atoms. The molecule has 0 aliphatic rings. The van der Waals surface area contributed by atoms with Gasteiger partial charge in [0.15, 0.2) is 11.6 Å². The van der Waals surface area contributed by atoms with Crippen molar-refractivity contribution in [3.8, 4) is 5.75 Å². The van der Waals surface area contributed by atoms with E-state index in [2.05, 4.69) is 25.8 Å². The molecular weight excluding hydrogens is 455 g/mol. The predicted molar refractivity (Wildman–Crippen MR) is 118 cm³/mol. The summed E-state index contributed by atoms with van der Waals surface area (Å²) in [4.78, 5) is 4.22. The van der Waals surface area contributed by atoms with Gasteiger partial charge in [0.05, 0.1) is 6.54 Å². The molecule has 0 spiro atoms. The Hall–Kier alpha value is -2.36. The van der Waals surface area contributed by atoms with Crippen LogP contribution >= 0.6 is 24.0 Å². The van der Waals surface area contributed by atoms with Gasteiger partial charge in [-0.05, 0) is 30.7 Å². The lowest BCUT2D eigenvalue weighted by Gasteiger charge is -2.12. The fourth-order valence-electron chi connectivity index (χ4n) is 2.59. The van der Waals surface area contributed by atoms with E-state index in [-0.39, 0.29) is 24.0 Å². The zero-order chi connectivity index (χ0) is 18.0. The number of aromatic nitrogens is 3. The molecule has 2 N–H and O–H groups in total. The largest absolute Gasteiger partial charge is 0.492 e. The molecule has 27 heavy (non-hydrogen) atoms. The Kier molecular flexibility index (Phi) is 8.82. The van der Waals surface area contributed by atoms with E-state index >= 15 is 0 Å². The molecule has 3 rings (SSSR count). The van der Waals surface area contributed by atoms with Crippen LogP contribution in [0.25, 0.3) is 5.65 Å². The molecule has 2 aromatic heterocycles. The van der Waals surface area contributed by atoms with Gasteiger partial charge in [-0.1, -0.05) is 24.3 Å². The van der Waals surface area contributed by atoms with Crippen molar-refractivity contribution in [2.75, 3.05) is 26.7 Å². The summed E-state index contributed by atoms with van der Waals surface area (Å²) in [7, 11) is 1.76. The Balaban J connectivity index is 0.00000261. The van der Waals surface area contributed by atoms with E-state index in [1.807, 2.05) is 59.1 Å². The summed E-state index contributed by atoms with van der Waals surface area (Å²) in [5, 5.41) is 15.0. The number of guanidine groups is 1. The van der Waals surface area contributed by atoms with Crippen LogP contribution in [-0.2, 0) is 6.42 Å². The fraction of sp³-hybridized carbons (Fsp3) is 0.316. The number of rotatable bonds is 8. The van der Waals surface area contributed by atoms with Crippen molar-refractivity contribution in [1.29, 1.82) is 0 Å². The second kappa shape index (κ2) is 11.4. The van der Waals surface area contributed by atoms with Crippen molar-refractivity contribution in [3.05, 3.63) is 60.6 Å². The summed E-state index contributed by atoms with van der Waals surface area (Å²) < 4.78 is 7.67. The average molecular weight is 480 g/mol. The monoisotopic (exact) mass is 480 g/mol. The van der Waals surface area contributed by atoms with Crippen molar-refractivity contribution in [1.82, 2.24) is 25.2 Å². The third-order valence-electron chi connectivity index (χ3n) is 3.88. The van der Waals surface area contributed by atoms with E-state index in [4.69, 9.17) is 4.74 Å². The van der Waals surface area contributed by atoms with Gasteiger partial charge in [0, 0.05) is 26.2 Å². The molecule has 8 heteroatoms. The molecule has 7 nitrogen and oxygen atoms in total. The Morgan fingerprint density at radius 3 is 2.63 bits per heavy atom. The van der Waals surface area contributed by atoms with Gasteiger partial charge in [-0.25, -0.2) is 0 Å². The normalized spacial score (nSPS) is 11.1. The number of halogens is 1. The van der Waals surface area contributed by atoms with Crippen LogP contribution in [0.15, 0.2) is 59.7 Å². The molecule has 2 heterocycles. The van der Waals surface area contributed by atoms with Crippen LogP contribution in [0.3, 0.4) is 0 Å². The summed E-state index contributed by atoms with van der Waals surface area (Å²) >= 11 is 0. The van der Waals surface area contributed by atoms with Gasteiger partial charge in [0.1, 0.15) is 18.2 Å². The zero-order valence-electron chi connectivity index (χ0n) is 15.3. The molecule has 0 unspecified atom stereocenters. The third-order valence-corrected chi connectivity index (χ3v) is 3.88. The van der Waals surface area contributed by atoms with E-state index in [0.717, 1.165) is 42.6 Å². The van der Waals surface area contributed by atoms with Crippen molar-refractivity contribution >= 4 is 35.6 Å². The van der Waals surface area contributed by atoms with Gasteiger partial charge in [-0.15, -0.1) is 34.2 Å². The van der Waals surface area contributed by atoms with Crippen molar-refractivity contribution in [2.45, 2.75) is 12.8 Å². The SMILES string of the molecule is CN=C(NCCCc1nnc2ccccn12)NCCOc1ccccc1.I. The van der Waals surface area contributed by atoms with E-state index in [9.17, 15) is 0 Å². The van der Waals surface area contributed by atoms with Crippen molar-refractivity contribution in [3.63, 3.8) is 0 Å². The molecule has 0 atom stereocenters. The number of benzene rings is 1. The van der Waals surface area contributed by atoms with E-state index in [1.165, 1.54) is 0 Å². The molecule has 0 fully saturated rings. The van der Waals surface area contributed by atoms with E-state index in [0.29, 0.717) is 13.2 Å². The first-order valence-corrected chi connectivity index (χ1v) is 8.78. The summed E-state index contributed by atoms with van der Waals surface area (Å²) in [5.74, 6) is 2.62. The Morgan fingerprint density at radius 1 is 1.04 bits per heavy atom. The number of fused-ring (bicyclic) bond motifs is 1.